The second-order valence-corrected chi connectivity index (χ2v) is 13.1. The van der Waals surface area contributed by atoms with Crippen LogP contribution in [0.25, 0.3) is 27.9 Å². The molecule has 9 heteroatoms. The quantitative estimate of drug-likeness (QED) is 0.0775. The number of rotatable bonds is 17. The lowest BCUT2D eigenvalue weighted by Crippen LogP contribution is -2.19. The molecule has 0 radical (unpaired) electrons. The first kappa shape index (κ1) is 35.0. The molecule has 8 nitrogen and oxygen atoms in total. The average molecular weight is 695 g/mol. The van der Waals surface area contributed by atoms with E-state index in [0.29, 0.717) is 38.7 Å². The zero-order chi connectivity index (χ0) is 34.7. The summed E-state index contributed by atoms with van der Waals surface area (Å²) >= 11 is 5.77. The zero-order valence-electron chi connectivity index (χ0n) is 28.2. The van der Waals surface area contributed by atoms with Crippen molar-refractivity contribution in [2.45, 2.75) is 63.8 Å². The number of halogens is 1. The van der Waals surface area contributed by atoms with Gasteiger partial charge in [0, 0.05) is 43.1 Å². The van der Waals surface area contributed by atoms with E-state index in [2.05, 4.69) is 11.1 Å². The van der Waals surface area contributed by atoms with Gasteiger partial charge in [0.25, 0.3) is 5.56 Å². The molecule has 0 saturated heterocycles. The van der Waals surface area contributed by atoms with E-state index < -0.39 is 0 Å². The van der Waals surface area contributed by atoms with Crippen LogP contribution in [-0.4, -0.2) is 41.0 Å². The van der Waals surface area contributed by atoms with Crippen molar-refractivity contribution in [2.24, 2.45) is 0 Å². The number of nitrogens with one attached hydrogen (secondary N) is 1. The van der Waals surface area contributed by atoms with E-state index >= 15 is 0 Å². The van der Waals surface area contributed by atoms with Crippen LogP contribution in [-0.2, 0) is 11.3 Å². The lowest BCUT2D eigenvalue weighted by Gasteiger charge is -2.18. The summed E-state index contributed by atoms with van der Waals surface area (Å²) < 4.78 is 19.8. The van der Waals surface area contributed by atoms with E-state index in [1.54, 1.807) is 18.2 Å². The fourth-order valence-electron chi connectivity index (χ4n) is 6.46. The van der Waals surface area contributed by atoms with Crippen molar-refractivity contribution in [1.82, 2.24) is 9.55 Å². The molecule has 3 aromatic carbocycles. The SMILES string of the molecule is O=C1C=Cc2cc(OCCCCn3c(=O)ccc4ccc(OCCCCCl)cc43)ccc2C(CCCCOc2ccc3ccc(=O)[nH]c3c2)C1. The number of pyridine rings is 2. The van der Waals surface area contributed by atoms with E-state index in [1.807, 2.05) is 65.2 Å². The number of ketones is 1. The van der Waals surface area contributed by atoms with E-state index in [-0.39, 0.29) is 22.8 Å². The molecule has 6 rings (SSSR count). The van der Waals surface area contributed by atoms with Crippen molar-refractivity contribution in [3.05, 3.63) is 117 Å². The number of hydrogen-bond donors (Lipinski definition) is 1. The molecule has 0 bridgehead atoms. The number of hydrogen-bond acceptors (Lipinski definition) is 6. The fraction of sp³-hybridized carbons (Fsp3) is 0.341. The molecule has 0 fully saturated rings. The number of aromatic nitrogens is 2. The predicted molar refractivity (Wildman–Crippen MR) is 200 cm³/mol. The van der Waals surface area contributed by atoms with Crippen molar-refractivity contribution < 1.29 is 19.0 Å². The highest BCUT2D eigenvalue weighted by Gasteiger charge is 2.20. The minimum atomic E-state index is -0.136. The smallest absolute Gasteiger partial charge is 0.251 e. The Bertz CT molecular complexity index is 2080. The third-order valence-corrected chi connectivity index (χ3v) is 9.38. The Hall–Kier alpha value is -4.82. The van der Waals surface area contributed by atoms with Gasteiger partial charge in [-0.15, -0.1) is 11.6 Å². The summed E-state index contributed by atoms with van der Waals surface area (Å²) in [6.45, 7) is 2.25. The highest BCUT2D eigenvalue weighted by Crippen LogP contribution is 2.34. The molecule has 2 heterocycles. The van der Waals surface area contributed by atoms with Gasteiger partial charge in [-0.25, -0.2) is 0 Å². The third-order valence-electron chi connectivity index (χ3n) is 9.11. The summed E-state index contributed by atoms with van der Waals surface area (Å²) in [5, 5.41) is 1.96. The summed E-state index contributed by atoms with van der Waals surface area (Å²) in [6, 6.07) is 24.5. The Morgan fingerprint density at radius 1 is 0.680 bits per heavy atom. The first-order valence-corrected chi connectivity index (χ1v) is 18.1. The number of unbranched alkanes of at least 4 members (excludes halogenated alkanes) is 3. The molecule has 0 amide bonds. The highest BCUT2D eigenvalue weighted by atomic mass is 35.5. The molecule has 0 saturated carbocycles. The molecule has 1 N–H and O–H groups in total. The van der Waals surface area contributed by atoms with Gasteiger partial charge in [-0.3, -0.25) is 14.4 Å². The Balaban J connectivity index is 0.984. The molecule has 1 atom stereocenters. The van der Waals surface area contributed by atoms with E-state index in [9.17, 15) is 14.4 Å². The van der Waals surface area contributed by atoms with Gasteiger partial charge in [0.05, 0.1) is 30.9 Å². The molecule has 1 aliphatic rings. The fourth-order valence-corrected chi connectivity index (χ4v) is 6.65. The van der Waals surface area contributed by atoms with Crippen LogP contribution in [0.15, 0.2) is 94.5 Å². The number of carbonyl (C=O) groups is 1. The number of aromatic amines is 1. The van der Waals surface area contributed by atoms with Crippen LogP contribution < -0.4 is 25.3 Å². The van der Waals surface area contributed by atoms with Crippen LogP contribution in [0.3, 0.4) is 0 Å². The highest BCUT2D eigenvalue weighted by molar-refractivity contribution is 6.17. The summed E-state index contributed by atoms with van der Waals surface area (Å²) in [6.07, 6.45) is 10.1. The van der Waals surface area contributed by atoms with Gasteiger partial charge in [-0.2, -0.15) is 0 Å². The second-order valence-electron chi connectivity index (χ2n) is 12.8. The molecule has 50 heavy (non-hydrogen) atoms. The third kappa shape index (κ3) is 9.24. The zero-order valence-corrected chi connectivity index (χ0v) is 29.0. The molecule has 1 aliphatic carbocycles. The van der Waals surface area contributed by atoms with Gasteiger partial charge in [-0.1, -0.05) is 12.1 Å². The molecule has 1 unspecified atom stereocenters. The number of fused-ring (bicyclic) bond motifs is 3. The lowest BCUT2D eigenvalue weighted by atomic mass is 9.88. The van der Waals surface area contributed by atoms with Crippen molar-refractivity contribution in [1.29, 1.82) is 0 Å². The summed E-state index contributed by atoms with van der Waals surface area (Å²) in [4.78, 5) is 39.9. The molecule has 2 aromatic heterocycles. The molecular formula is C41H43ClN2O6. The summed E-state index contributed by atoms with van der Waals surface area (Å²) in [7, 11) is 0. The standard InChI is InChI=1S/C41H43ClN2O6/c42-20-2-5-23-50-36-15-10-30-12-19-41(47)44(39(30)28-36)21-3-6-24-48-34-16-17-37-31(25-33(45)13-8-32(37)26-34)7-1-4-22-49-35-14-9-29-11-18-40(46)43-38(29)27-35/h8-19,26-28,31H,1-7,20-25H2,(H,43,46). The maximum atomic E-state index is 12.8. The monoisotopic (exact) mass is 694 g/mol. The van der Waals surface area contributed by atoms with Crippen LogP contribution in [0.2, 0.25) is 0 Å². The maximum Gasteiger partial charge on any atom is 0.251 e. The number of allylic oxidation sites excluding steroid dienone is 1. The predicted octanol–water partition coefficient (Wildman–Crippen LogP) is 8.42. The van der Waals surface area contributed by atoms with Crippen LogP contribution in [0.5, 0.6) is 17.2 Å². The van der Waals surface area contributed by atoms with Crippen molar-refractivity contribution in [2.75, 3.05) is 25.7 Å². The van der Waals surface area contributed by atoms with Crippen LogP contribution in [0.4, 0.5) is 0 Å². The number of ether oxygens (including phenoxy) is 3. The molecule has 0 aliphatic heterocycles. The number of nitrogens with zero attached hydrogens (tertiary/aromatic N) is 1. The topological polar surface area (TPSA) is 99.6 Å². The summed E-state index contributed by atoms with van der Waals surface area (Å²) in [5.41, 5.74) is 3.64. The van der Waals surface area contributed by atoms with Gasteiger partial charge < -0.3 is 23.8 Å². The van der Waals surface area contributed by atoms with E-state index in [1.165, 1.54) is 6.07 Å². The lowest BCUT2D eigenvalue weighted by molar-refractivity contribution is -0.114. The normalized spacial score (nSPS) is 14.1. The van der Waals surface area contributed by atoms with Gasteiger partial charge >= 0.3 is 0 Å². The van der Waals surface area contributed by atoms with Crippen molar-refractivity contribution in [3.8, 4) is 17.2 Å². The first-order valence-electron chi connectivity index (χ1n) is 17.5. The maximum absolute atomic E-state index is 12.8. The van der Waals surface area contributed by atoms with Crippen LogP contribution >= 0.6 is 11.6 Å². The number of alkyl halides is 1. The minimum absolute atomic E-state index is 0.0320. The minimum Gasteiger partial charge on any atom is -0.494 e. The van der Waals surface area contributed by atoms with E-state index in [4.69, 9.17) is 25.8 Å². The van der Waals surface area contributed by atoms with Gasteiger partial charge in [-0.05, 0) is 127 Å². The largest absolute Gasteiger partial charge is 0.494 e. The molecule has 0 spiro atoms. The number of aryl methyl sites for hydroxylation is 1. The Kier molecular flexibility index (Phi) is 12.1. The van der Waals surface area contributed by atoms with E-state index in [0.717, 1.165) is 95.1 Å². The van der Waals surface area contributed by atoms with Gasteiger partial charge in [0.1, 0.15) is 17.2 Å². The number of H-pyrrole nitrogens is 1. The van der Waals surface area contributed by atoms with Gasteiger partial charge in [0.15, 0.2) is 5.78 Å². The van der Waals surface area contributed by atoms with Crippen molar-refractivity contribution in [3.63, 3.8) is 0 Å². The van der Waals surface area contributed by atoms with Gasteiger partial charge in [0.2, 0.25) is 5.56 Å². The van der Waals surface area contributed by atoms with Crippen molar-refractivity contribution >= 4 is 45.3 Å². The first-order chi connectivity index (χ1) is 24.5. The number of carbonyl (C=O) groups excluding carboxylic acids is 1. The van der Waals surface area contributed by atoms with Crippen LogP contribution in [0.1, 0.15) is 68.4 Å². The second kappa shape index (κ2) is 17.2. The van der Waals surface area contributed by atoms with Crippen LogP contribution in [0, 0.1) is 0 Å². The summed E-state index contributed by atoms with van der Waals surface area (Å²) in [5.74, 6) is 3.12. The average Bonchev–Trinajstić information content (AvgIpc) is 3.28. The molecular weight excluding hydrogens is 652 g/mol. The number of benzene rings is 3. The molecule has 5 aromatic rings. The Morgan fingerprint density at radius 3 is 2.14 bits per heavy atom. The Labute approximate surface area is 296 Å². The molecule has 260 valence electrons. The Morgan fingerprint density at radius 2 is 1.34 bits per heavy atom.